The number of carbonyl (C=O) groups excluding carboxylic acids is 2. The van der Waals surface area contributed by atoms with Crippen LogP contribution in [-0.2, 0) is 27.5 Å². The topological polar surface area (TPSA) is 146 Å². The molecule has 1 aliphatic heterocycles. The summed E-state index contributed by atoms with van der Waals surface area (Å²) in [6, 6.07) is 33.9. The summed E-state index contributed by atoms with van der Waals surface area (Å²) < 4.78 is 32.5. The van der Waals surface area contributed by atoms with Crippen molar-refractivity contribution < 1.29 is 48.3 Å². The third-order valence-electron chi connectivity index (χ3n) is 13.6. The zero-order valence-electron chi connectivity index (χ0n) is 39.1. The van der Waals surface area contributed by atoms with E-state index in [0.717, 1.165) is 65.0 Å². The molecule has 1 heterocycles. The van der Waals surface area contributed by atoms with Gasteiger partial charge < -0.3 is 38.7 Å². The summed E-state index contributed by atoms with van der Waals surface area (Å²) in [5.74, 6) is -0.393. The van der Waals surface area contributed by atoms with Crippen LogP contribution < -0.4 is 14.2 Å². The molecule has 0 bridgehead atoms. The molecule has 362 valence electrons. The Kier molecular flexibility index (Phi) is 16.7. The molecule has 6 unspecified atom stereocenters. The molecule has 5 aromatic rings. The number of oxime groups is 1. The molecule has 8 rings (SSSR count). The zero-order valence-corrected chi connectivity index (χ0v) is 39.8. The lowest BCUT2D eigenvalue weighted by Crippen LogP contribution is -2.70. The van der Waals surface area contributed by atoms with Crippen LogP contribution in [0.3, 0.4) is 0 Å². The van der Waals surface area contributed by atoms with Crippen molar-refractivity contribution in [3.05, 3.63) is 156 Å². The van der Waals surface area contributed by atoms with Crippen LogP contribution in [0, 0.1) is 17.8 Å². The van der Waals surface area contributed by atoms with Crippen molar-refractivity contribution in [2.24, 2.45) is 22.9 Å². The van der Waals surface area contributed by atoms with Crippen molar-refractivity contribution in [2.45, 2.75) is 75.8 Å². The largest absolute Gasteiger partial charge is 0.496 e. The van der Waals surface area contributed by atoms with Gasteiger partial charge in [0.25, 0.3) is 0 Å². The number of methoxy groups -OCH3 is 1. The molecule has 69 heavy (non-hydrogen) atoms. The number of allylic oxidation sites excluding steroid dienone is 1. The number of unbranched alkanes of at least 4 members (excludes halogenated alkanes) is 2. The molecule has 0 aromatic heterocycles. The first-order chi connectivity index (χ1) is 33.9. The van der Waals surface area contributed by atoms with Gasteiger partial charge in [-0.25, -0.2) is 4.79 Å². The predicted octanol–water partition coefficient (Wildman–Crippen LogP) is 11.2. The Balaban J connectivity index is 1.35. The number of fused-ring (bicyclic) bond motifs is 3. The van der Waals surface area contributed by atoms with Gasteiger partial charge >= 0.3 is 6.09 Å². The van der Waals surface area contributed by atoms with E-state index in [1.54, 1.807) is 29.2 Å². The number of ether oxygens (including phenoxy) is 5. The number of carbonyl (C=O) groups is 2. The standard InChI is InChI=1S/C56H61ClN2O10/c1-3-29-66-56-52(59(55(63)65-30-26-57)35-41-19-13-18-39-16-7-8-20-45(39)41)34-49(58-67-37-38-14-5-4-6-15-38)47-32-40(17-9-11-27-60)46(21-10-12-28-61)53(54(47)56)48-33-44(23-25-51(48)69-56)68-43-22-24-50(64-2)42(31-43)36-62/h3-8,13-16,18-20,22-25,31-33,36,40,46,52-54,60-61H,1,9-12,17,21,26-30,34-35,37H2,2H3. The van der Waals surface area contributed by atoms with E-state index in [1.807, 2.05) is 91.0 Å². The Bertz CT molecular complexity index is 2620. The maximum absolute atomic E-state index is 14.9. The van der Waals surface area contributed by atoms with Crippen LogP contribution in [0.15, 0.2) is 139 Å². The lowest BCUT2D eigenvalue weighted by atomic mass is 9.55. The van der Waals surface area contributed by atoms with E-state index < -0.39 is 23.8 Å². The Labute approximate surface area is 409 Å². The number of hydrogen-bond acceptors (Lipinski definition) is 11. The van der Waals surface area contributed by atoms with Crippen LogP contribution in [0.1, 0.15) is 77.9 Å². The van der Waals surface area contributed by atoms with E-state index in [0.29, 0.717) is 47.1 Å². The molecule has 3 aliphatic rings. The van der Waals surface area contributed by atoms with Gasteiger partial charge in [-0.2, -0.15) is 0 Å². The van der Waals surface area contributed by atoms with Crippen LogP contribution in [0.2, 0.25) is 0 Å². The lowest BCUT2D eigenvalue weighted by molar-refractivity contribution is -0.256. The van der Waals surface area contributed by atoms with Crippen LogP contribution >= 0.6 is 11.6 Å². The average molecular weight is 958 g/mol. The highest BCUT2D eigenvalue weighted by Crippen LogP contribution is 2.62. The fraction of sp³-hybridized carbons (Fsp3) is 0.375. The highest BCUT2D eigenvalue weighted by atomic mass is 35.5. The quantitative estimate of drug-likeness (QED) is 0.0213. The number of nitrogens with zero attached hydrogens (tertiary/aromatic N) is 2. The number of aliphatic hydroxyl groups excluding tert-OH is 2. The van der Waals surface area contributed by atoms with E-state index in [2.05, 4.69) is 12.7 Å². The van der Waals surface area contributed by atoms with Gasteiger partial charge in [0.05, 0.1) is 43.3 Å². The van der Waals surface area contributed by atoms with Crippen LogP contribution in [-0.4, -0.2) is 84.5 Å². The molecule has 0 spiro atoms. The van der Waals surface area contributed by atoms with Crippen LogP contribution in [0.4, 0.5) is 4.79 Å². The summed E-state index contributed by atoms with van der Waals surface area (Å²) in [7, 11) is 1.51. The minimum Gasteiger partial charge on any atom is -0.496 e. The average Bonchev–Trinajstić information content (AvgIpc) is 3.38. The van der Waals surface area contributed by atoms with Gasteiger partial charge in [-0.15, -0.1) is 18.2 Å². The highest BCUT2D eigenvalue weighted by Gasteiger charge is 2.65. The smallest absolute Gasteiger partial charge is 0.410 e. The van der Waals surface area contributed by atoms with Gasteiger partial charge in [0, 0.05) is 31.1 Å². The van der Waals surface area contributed by atoms with E-state index in [9.17, 15) is 19.8 Å². The number of hydrogen-bond donors (Lipinski definition) is 2. The number of aliphatic hydroxyl groups is 2. The molecule has 2 N–H and O–H groups in total. The summed E-state index contributed by atoms with van der Waals surface area (Å²) in [5, 5.41) is 27.1. The molecular formula is C56H61ClN2O10. The van der Waals surface area contributed by atoms with E-state index >= 15 is 0 Å². The monoisotopic (exact) mass is 956 g/mol. The van der Waals surface area contributed by atoms with Crippen molar-refractivity contribution in [1.29, 1.82) is 0 Å². The van der Waals surface area contributed by atoms with Gasteiger partial charge in [-0.3, -0.25) is 9.69 Å². The summed E-state index contributed by atoms with van der Waals surface area (Å²) in [6.07, 6.45) is 8.63. The molecule has 1 amide bonds. The second kappa shape index (κ2) is 23.4. The number of benzene rings is 5. The molecule has 6 atom stereocenters. The van der Waals surface area contributed by atoms with Crippen molar-refractivity contribution in [2.75, 3.05) is 39.4 Å². The first-order valence-electron chi connectivity index (χ1n) is 23.9. The maximum Gasteiger partial charge on any atom is 0.410 e. The Morgan fingerprint density at radius 3 is 2.45 bits per heavy atom. The molecule has 1 saturated carbocycles. The third-order valence-corrected chi connectivity index (χ3v) is 13.7. The van der Waals surface area contributed by atoms with Gasteiger partial charge in [-0.1, -0.05) is 103 Å². The molecule has 13 heteroatoms. The highest BCUT2D eigenvalue weighted by molar-refractivity contribution is 6.18. The number of rotatable bonds is 23. The SMILES string of the molecule is C=CCOC12Oc3ccc(Oc4ccc(OC)c(C=O)c4)cc3C3C(CCCCO)C(CCCCO)C=C(C(=NOCc4ccccc4)CC1N(Cc1cccc4ccccc14)C(=O)OCCCl)C32. The van der Waals surface area contributed by atoms with E-state index in [-0.39, 0.29) is 69.6 Å². The number of halogens is 1. The Morgan fingerprint density at radius 1 is 0.928 bits per heavy atom. The molecule has 0 saturated heterocycles. The molecule has 5 aromatic carbocycles. The van der Waals surface area contributed by atoms with Gasteiger partial charge in [0.1, 0.15) is 42.3 Å². The number of alkyl halides is 1. The fourth-order valence-electron chi connectivity index (χ4n) is 10.6. The second-order valence-corrected chi connectivity index (χ2v) is 18.1. The minimum absolute atomic E-state index is 0.00667. The van der Waals surface area contributed by atoms with Crippen molar-refractivity contribution in [3.8, 4) is 23.0 Å². The van der Waals surface area contributed by atoms with Gasteiger partial charge in [-0.05, 0) is 101 Å². The maximum atomic E-state index is 14.9. The Morgan fingerprint density at radius 2 is 1.68 bits per heavy atom. The normalized spacial score (nSPS) is 21.8. The minimum atomic E-state index is -1.54. The molecule has 1 fully saturated rings. The fourth-order valence-corrected chi connectivity index (χ4v) is 10.7. The van der Waals surface area contributed by atoms with Crippen LogP contribution in [0.5, 0.6) is 23.0 Å². The van der Waals surface area contributed by atoms with E-state index in [1.165, 1.54) is 7.11 Å². The lowest BCUT2D eigenvalue weighted by Gasteiger charge is -2.59. The first-order valence-corrected chi connectivity index (χ1v) is 24.4. The first kappa shape index (κ1) is 49.2. The number of aldehydes is 1. The summed E-state index contributed by atoms with van der Waals surface area (Å²) >= 11 is 6.19. The summed E-state index contributed by atoms with van der Waals surface area (Å²) in [6.45, 7) is 4.62. The molecular weight excluding hydrogens is 896 g/mol. The Hall–Kier alpha value is -6.18. The van der Waals surface area contributed by atoms with E-state index in [4.69, 9.17) is 45.3 Å². The van der Waals surface area contributed by atoms with Crippen molar-refractivity contribution in [3.63, 3.8) is 0 Å². The van der Waals surface area contributed by atoms with Crippen molar-refractivity contribution >= 4 is 40.5 Å². The van der Waals surface area contributed by atoms with Gasteiger partial charge in [0.15, 0.2) is 6.29 Å². The number of amides is 1. The molecule has 12 nitrogen and oxygen atoms in total. The summed E-state index contributed by atoms with van der Waals surface area (Å²) in [4.78, 5) is 34.9. The third kappa shape index (κ3) is 10.8. The van der Waals surface area contributed by atoms with Crippen LogP contribution in [0.25, 0.3) is 10.8 Å². The van der Waals surface area contributed by atoms with Gasteiger partial charge in [0.2, 0.25) is 5.79 Å². The predicted molar refractivity (Wildman–Crippen MR) is 266 cm³/mol. The molecule has 0 radical (unpaired) electrons. The second-order valence-electron chi connectivity index (χ2n) is 17.7. The summed E-state index contributed by atoms with van der Waals surface area (Å²) in [5.41, 5.74) is 4.61. The molecule has 2 aliphatic carbocycles. The zero-order chi connectivity index (χ0) is 48.2. The van der Waals surface area contributed by atoms with Crippen molar-refractivity contribution in [1.82, 2.24) is 4.90 Å².